The van der Waals surface area contributed by atoms with Crippen LogP contribution in [0.25, 0.3) is 0 Å². The zero-order valence-corrected chi connectivity index (χ0v) is 15.7. The molecule has 0 aliphatic heterocycles. The van der Waals surface area contributed by atoms with Crippen LogP contribution in [0.5, 0.6) is 0 Å². The zero-order valence-electron chi connectivity index (χ0n) is 15.7. The molecule has 0 aromatic heterocycles. The molecule has 0 aliphatic carbocycles. The summed E-state index contributed by atoms with van der Waals surface area (Å²) in [6, 6.07) is 9.94. The Morgan fingerprint density at radius 3 is 1.64 bits per heavy atom. The van der Waals surface area contributed by atoms with Crippen molar-refractivity contribution in [2.24, 2.45) is 0 Å². The first-order valence-electron chi connectivity index (χ1n) is 10.1. The van der Waals surface area contributed by atoms with Gasteiger partial charge in [0.15, 0.2) is 0 Å². The minimum atomic E-state index is -0.672. The molecule has 0 unspecified atom stereocenters. The molecule has 1 aromatic carbocycles. The Balaban J connectivity index is 1.79. The Hall–Kier alpha value is -1.35. The standard InChI is InChI=1S/C22H36O3/c23-21(20-16-12-11-13-17-20)18-14-9-7-5-3-1-2-4-6-8-10-15-19-22(24)25/h11-13,16-17,21,23H,1-10,14-15,18-19H2,(H,24,25)/t21-/m0/s1. The van der Waals surface area contributed by atoms with Crippen LogP contribution in [0, 0.1) is 0 Å². The van der Waals surface area contributed by atoms with E-state index in [-0.39, 0.29) is 6.10 Å². The van der Waals surface area contributed by atoms with Crippen molar-refractivity contribution in [2.75, 3.05) is 0 Å². The van der Waals surface area contributed by atoms with Gasteiger partial charge in [-0.25, -0.2) is 0 Å². The molecule has 0 amide bonds. The highest BCUT2D eigenvalue weighted by Gasteiger charge is 2.05. The van der Waals surface area contributed by atoms with Crippen LogP contribution in [0.15, 0.2) is 30.3 Å². The third kappa shape index (κ3) is 12.6. The number of rotatable bonds is 16. The number of aliphatic hydroxyl groups excluding tert-OH is 1. The Labute approximate surface area is 153 Å². The SMILES string of the molecule is O=C(O)CCCCCCCCCCCCCC[C@H](O)c1ccccc1. The molecule has 1 atom stereocenters. The van der Waals surface area contributed by atoms with Crippen LogP contribution in [0.1, 0.15) is 102 Å². The molecule has 0 radical (unpaired) electrons. The van der Waals surface area contributed by atoms with E-state index in [1.807, 2.05) is 30.3 Å². The number of hydrogen-bond donors (Lipinski definition) is 2. The van der Waals surface area contributed by atoms with Gasteiger partial charge >= 0.3 is 5.97 Å². The van der Waals surface area contributed by atoms with Crippen LogP contribution in [0.3, 0.4) is 0 Å². The molecule has 0 bridgehead atoms. The van der Waals surface area contributed by atoms with Crippen LogP contribution in [0.2, 0.25) is 0 Å². The van der Waals surface area contributed by atoms with E-state index in [2.05, 4.69) is 0 Å². The summed E-state index contributed by atoms with van der Waals surface area (Å²) >= 11 is 0. The zero-order chi connectivity index (χ0) is 18.2. The molecule has 0 saturated carbocycles. The molecular formula is C22H36O3. The van der Waals surface area contributed by atoms with E-state index in [1.54, 1.807) is 0 Å². The lowest BCUT2D eigenvalue weighted by molar-refractivity contribution is -0.137. The molecule has 142 valence electrons. The highest BCUT2D eigenvalue weighted by molar-refractivity contribution is 5.66. The number of unbranched alkanes of at least 4 members (excludes halogenated alkanes) is 11. The highest BCUT2D eigenvalue weighted by Crippen LogP contribution is 2.20. The highest BCUT2D eigenvalue weighted by atomic mass is 16.4. The molecule has 1 rings (SSSR count). The summed E-state index contributed by atoms with van der Waals surface area (Å²) < 4.78 is 0. The first-order chi connectivity index (χ1) is 12.2. The summed E-state index contributed by atoms with van der Waals surface area (Å²) in [5, 5.41) is 18.7. The molecule has 3 heteroatoms. The fourth-order valence-corrected chi connectivity index (χ4v) is 3.22. The van der Waals surface area contributed by atoms with E-state index < -0.39 is 5.97 Å². The predicted octanol–water partition coefficient (Wildman–Crippen LogP) is 6.27. The van der Waals surface area contributed by atoms with Gasteiger partial charge in [0.1, 0.15) is 0 Å². The van der Waals surface area contributed by atoms with Crippen LogP contribution in [-0.4, -0.2) is 16.2 Å². The molecule has 0 saturated heterocycles. The molecular weight excluding hydrogens is 312 g/mol. The van der Waals surface area contributed by atoms with Crippen molar-refractivity contribution in [3.05, 3.63) is 35.9 Å². The number of aliphatic hydroxyl groups is 1. The Morgan fingerprint density at radius 2 is 1.16 bits per heavy atom. The van der Waals surface area contributed by atoms with Gasteiger partial charge in [-0.3, -0.25) is 4.79 Å². The number of carboxylic acid groups (broad SMARTS) is 1. The lowest BCUT2D eigenvalue weighted by Crippen LogP contribution is -1.96. The van der Waals surface area contributed by atoms with E-state index >= 15 is 0 Å². The van der Waals surface area contributed by atoms with E-state index in [0.717, 1.165) is 31.2 Å². The van der Waals surface area contributed by atoms with Crippen molar-refractivity contribution in [1.29, 1.82) is 0 Å². The van der Waals surface area contributed by atoms with Gasteiger partial charge in [0.25, 0.3) is 0 Å². The van der Waals surface area contributed by atoms with Crippen molar-refractivity contribution >= 4 is 5.97 Å². The Kier molecular flexibility index (Phi) is 13.0. The third-order valence-corrected chi connectivity index (χ3v) is 4.80. The largest absolute Gasteiger partial charge is 0.481 e. The van der Waals surface area contributed by atoms with Gasteiger partial charge in [-0.2, -0.15) is 0 Å². The van der Waals surface area contributed by atoms with E-state index in [4.69, 9.17) is 5.11 Å². The van der Waals surface area contributed by atoms with Crippen molar-refractivity contribution in [2.45, 2.75) is 96.0 Å². The summed E-state index contributed by atoms with van der Waals surface area (Å²) in [5.41, 5.74) is 1.03. The molecule has 3 nitrogen and oxygen atoms in total. The molecule has 0 aliphatic rings. The molecule has 1 aromatic rings. The van der Waals surface area contributed by atoms with Gasteiger partial charge in [0.05, 0.1) is 6.10 Å². The molecule has 0 heterocycles. The fraction of sp³-hybridized carbons (Fsp3) is 0.682. The summed E-state index contributed by atoms with van der Waals surface area (Å²) in [7, 11) is 0. The smallest absolute Gasteiger partial charge is 0.303 e. The van der Waals surface area contributed by atoms with E-state index in [1.165, 1.54) is 57.8 Å². The Bertz CT molecular complexity index is 430. The maximum Gasteiger partial charge on any atom is 0.303 e. The van der Waals surface area contributed by atoms with Crippen molar-refractivity contribution < 1.29 is 15.0 Å². The molecule has 0 fully saturated rings. The normalized spacial score (nSPS) is 12.2. The lowest BCUT2D eigenvalue weighted by atomic mass is 10.0. The van der Waals surface area contributed by atoms with Crippen LogP contribution < -0.4 is 0 Å². The second kappa shape index (κ2) is 14.9. The quantitative estimate of drug-likeness (QED) is 0.346. The topological polar surface area (TPSA) is 57.5 Å². The van der Waals surface area contributed by atoms with Gasteiger partial charge in [0.2, 0.25) is 0 Å². The molecule has 25 heavy (non-hydrogen) atoms. The van der Waals surface area contributed by atoms with Gasteiger partial charge < -0.3 is 10.2 Å². The second-order valence-electron chi connectivity index (χ2n) is 7.10. The fourth-order valence-electron chi connectivity index (χ4n) is 3.22. The summed E-state index contributed by atoms with van der Waals surface area (Å²) in [4.78, 5) is 10.4. The van der Waals surface area contributed by atoms with Crippen LogP contribution >= 0.6 is 0 Å². The average molecular weight is 349 g/mol. The van der Waals surface area contributed by atoms with Gasteiger partial charge in [0, 0.05) is 6.42 Å². The maximum absolute atomic E-state index is 10.4. The summed E-state index contributed by atoms with van der Waals surface area (Å²) in [6.45, 7) is 0. The molecule has 0 spiro atoms. The predicted molar refractivity (Wildman–Crippen MR) is 104 cm³/mol. The third-order valence-electron chi connectivity index (χ3n) is 4.80. The van der Waals surface area contributed by atoms with Gasteiger partial charge in [-0.1, -0.05) is 101 Å². The minimum absolute atomic E-state index is 0.309. The number of benzene rings is 1. The van der Waals surface area contributed by atoms with Gasteiger partial charge in [-0.05, 0) is 18.4 Å². The number of carboxylic acids is 1. The maximum atomic E-state index is 10.4. The van der Waals surface area contributed by atoms with Crippen molar-refractivity contribution in [3.63, 3.8) is 0 Å². The van der Waals surface area contributed by atoms with Crippen molar-refractivity contribution in [3.8, 4) is 0 Å². The van der Waals surface area contributed by atoms with Gasteiger partial charge in [-0.15, -0.1) is 0 Å². The number of carbonyl (C=O) groups is 1. The van der Waals surface area contributed by atoms with E-state index in [0.29, 0.717) is 6.42 Å². The van der Waals surface area contributed by atoms with E-state index in [9.17, 15) is 9.90 Å². The first kappa shape index (κ1) is 21.7. The monoisotopic (exact) mass is 348 g/mol. The summed E-state index contributed by atoms with van der Waals surface area (Å²) in [5.74, 6) is -0.672. The van der Waals surface area contributed by atoms with Crippen LogP contribution in [-0.2, 0) is 4.79 Å². The second-order valence-corrected chi connectivity index (χ2v) is 7.10. The summed E-state index contributed by atoms with van der Waals surface area (Å²) in [6.07, 6.45) is 15.3. The van der Waals surface area contributed by atoms with Crippen molar-refractivity contribution in [1.82, 2.24) is 0 Å². The number of aliphatic carboxylic acids is 1. The number of hydrogen-bond acceptors (Lipinski definition) is 2. The Morgan fingerprint density at radius 1 is 0.720 bits per heavy atom. The minimum Gasteiger partial charge on any atom is -0.481 e. The molecule has 2 N–H and O–H groups in total. The average Bonchev–Trinajstić information content (AvgIpc) is 2.62. The van der Waals surface area contributed by atoms with Crippen LogP contribution in [0.4, 0.5) is 0 Å². The first-order valence-corrected chi connectivity index (χ1v) is 10.1. The lowest BCUT2D eigenvalue weighted by Gasteiger charge is -2.10.